The number of phenols is 1. The molecule has 1 atom stereocenters. The number of ketones is 1. The van der Waals surface area contributed by atoms with Crippen molar-refractivity contribution in [3.63, 3.8) is 0 Å². The normalized spacial score (nSPS) is 20.4. The first kappa shape index (κ1) is 25.2. The Hall–Kier alpha value is -2.88. The van der Waals surface area contributed by atoms with E-state index in [1.807, 2.05) is 6.92 Å². The number of aromatic hydroxyl groups is 1. The number of phenolic OH excluding ortho intramolecular Hbond substituents is 1. The molecule has 8 nitrogen and oxygen atoms in total. The summed E-state index contributed by atoms with van der Waals surface area (Å²) in [5.74, 6) is -1.36. The molecule has 4 rings (SSSR count). The summed E-state index contributed by atoms with van der Waals surface area (Å²) in [7, 11) is 0. The predicted octanol–water partition coefficient (Wildman–Crippen LogP) is 3.70. The third kappa shape index (κ3) is 5.52. The molecule has 2 heterocycles. The molecule has 1 amide bonds. The summed E-state index contributed by atoms with van der Waals surface area (Å²) in [4.78, 5) is 30.1. The van der Waals surface area contributed by atoms with Crippen LogP contribution in [0.5, 0.6) is 11.5 Å². The summed E-state index contributed by atoms with van der Waals surface area (Å²) in [5.41, 5.74) is 0.718. The van der Waals surface area contributed by atoms with E-state index >= 15 is 0 Å². The molecule has 2 aromatic carbocycles. The van der Waals surface area contributed by atoms with Crippen LogP contribution in [0.3, 0.4) is 0 Å². The number of aliphatic hydroxyl groups excluding tert-OH is 1. The van der Waals surface area contributed by atoms with Crippen LogP contribution >= 0.6 is 15.9 Å². The third-order valence-electron chi connectivity index (χ3n) is 6.24. The van der Waals surface area contributed by atoms with Crippen molar-refractivity contribution in [2.45, 2.75) is 19.4 Å². The zero-order chi connectivity index (χ0) is 24.9. The SMILES string of the molecule is CCOc1ccc(C2/C(=C(\O)c3cc(Br)ccc3O)C(=O)C(=O)N2CCCN2CCOCC2)cc1. The lowest BCUT2D eigenvalue weighted by Gasteiger charge is -2.29. The number of hydrogen-bond donors (Lipinski definition) is 2. The molecule has 1 unspecified atom stereocenters. The van der Waals surface area contributed by atoms with Gasteiger partial charge in [-0.15, -0.1) is 0 Å². The van der Waals surface area contributed by atoms with E-state index in [-0.39, 0.29) is 16.9 Å². The van der Waals surface area contributed by atoms with Gasteiger partial charge in [0, 0.05) is 30.7 Å². The summed E-state index contributed by atoms with van der Waals surface area (Å²) in [6.45, 7) is 6.57. The maximum Gasteiger partial charge on any atom is 0.295 e. The number of ether oxygens (including phenoxy) is 2. The molecular weight excluding hydrogens is 516 g/mol. The highest BCUT2D eigenvalue weighted by Crippen LogP contribution is 2.41. The van der Waals surface area contributed by atoms with Crippen LogP contribution in [0.4, 0.5) is 0 Å². The molecule has 35 heavy (non-hydrogen) atoms. The Kier molecular flexibility index (Phi) is 8.10. The van der Waals surface area contributed by atoms with Gasteiger partial charge >= 0.3 is 0 Å². The van der Waals surface area contributed by atoms with Gasteiger partial charge in [0.25, 0.3) is 11.7 Å². The molecule has 0 radical (unpaired) electrons. The van der Waals surface area contributed by atoms with Crippen molar-refractivity contribution in [3.05, 3.63) is 63.6 Å². The lowest BCUT2D eigenvalue weighted by atomic mass is 9.95. The molecule has 0 spiro atoms. The number of nitrogens with zero attached hydrogens (tertiary/aromatic N) is 2. The summed E-state index contributed by atoms with van der Waals surface area (Å²) in [6.07, 6.45) is 0.669. The van der Waals surface area contributed by atoms with E-state index < -0.39 is 23.5 Å². The number of Topliss-reactive ketones (excluding diaryl/α,β-unsaturated/α-hetero) is 1. The monoisotopic (exact) mass is 544 g/mol. The highest BCUT2D eigenvalue weighted by molar-refractivity contribution is 9.10. The van der Waals surface area contributed by atoms with Crippen molar-refractivity contribution >= 4 is 33.4 Å². The number of hydrogen-bond acceptors (Lipinski definition) is 7. The highest BCUT2D eigenvalue weighted by atomic mass is 79.9. The van der Waals surface area contributed by atoms with Crippen molar-refractivity contribution < 1.29 is 29.3 Å². The van der Waals surface area contributed by atoms with Gasteiger partial charge in [-0.3, -0.25) is 14.5 Å². The fourth-order valence-electron chi connectivity index (χ4n) is 4.50. The van der Waals surface area contributed by atoms with Crippen molar-refractivity contribution in [3.8, 4) is 11.5 Å². The second kappa shape index (κ2) is 11.2. The molecule has 0 bridgehead atoms. The Balaban J connectivity index is 1.70. The molecule has 2 aliphatic heterocycles. The van der Waals surface area contributed by atoms with Gasteiger partial charge in [0.1, 0.15) is 17.3 Å². The van der Waals surface area contributed by atoms with Crippen molar-refractivity contribution in [1.82, 2.24) is 9.80 Å². The van der Waals surface area contributed by atoms with Crippen molar-refractivity contribution in [1.29, 1.82) is 0 Å². The zero-order valence-corrected chi connectivity index (χ0v) is 21.2. The summed E-state index contributed by atoms with van der Waals surface area (Å²) in [6, 6.07) is 10.9. The second-order valence-electron chi connectivity index (χ2n) is 8.46. The number of morpholine rings is 1. The standard InChI is InChI=1S/C26H29BrN2O6/c1-2-35-19-7-4-17(5-8-19)23-22(24(31)20-16-18(27)6-9-21(20)30)25(32)26(33)29(23)11-3-10-28-12-14-34-15-13-28/h4-9,16,23,30-31H,2-3,10-15H2,1H3/b24-22+. The molecular formula is C26H29BrN2O6. The van der Waals surface area contributed by atoms with Gasteiger partial charge < -0.3 is 24.6 Å². The molecule has 0 saturated carbocycles. The van der Waals surface area contributed by atoms with Crippen LogP contribution in [0, 0.1) is 0 Å². The Labute approximate surface area is 212 Å². The van der Waals surface area contributed by atoms with Gasteiger partial charge in [-0.2, -0.15) is 0 Å². The fraction of sp³-hybridized carbons (Fsp3) is 0.385. The zero-order valence-electron chi connectivity index (χ0n) is 19.6. The van der Waals surface area contributed by atoms with E-state index in [4.69, 9.17) is 9.47 Å². The van der Waals surface area contributed by atoms with Gasteiger partial charge in [-0.05, 0) is 49.2 Å². The first-order valence-corrected chi connectivity index (χ1v) is 12.5. The maximum atomic E-state index is 13.2. The first-order chi connectivity index (χ1) is 16.9. The number of carbonyl (C=O) groups excluding carboxylic acids is 2. The lowest BCUT2D eigenvalue weighted by molar-refractivity contribution is -0.140. The average Bonchev–Trinajstić information content (AvgIpc) is 3.11. The number of halogens is 1. The smallest absolute Gasteiger partial charge is 0.295 e. The predicted molar refractivity (Wildman–Crippen MR) is 134 cm³/mol. The minimum atomic E-state index is -0.784. The van der Waals surface area contributed by atoms with E-state index in [9.17, 15) is 19.8 Å². The van der Waals surface area contributed by atoms with E-state index in [0.717, 1.165) is 19.6 Å². The van der Waals surface area contributed by atoms with E-state index in [2.05, 4.69) is 20.8 Å². The molecule has 2 fully saturated rings. The summed E-state index contributed by atoms with van der Waals surface area (Å²) < 4.78 is 11.5. The van der Waals surface area contributed by atoms with Gasteiger partial charge in [0.15, 0.2) is 0 Å². The molecule has 2 aromatic rings. The van der Waals surface area contributed by atoms with Crippen molar-refractivity contribution in [2.75, 3.05) is 46.0 Å². The molecule has 2 saturated heterocycles. The highest BCUT2D eigenvalue weighted by Gasteiger charge is 2.46. The Morgan fingerprint density at radius 1 is 1.11 bits per heavy atom. The van der Waals surface area contributed by atoms with Crippen LogP contribution in [0.1, 0.15) is 30.5 Å². The van der Waals surface area contributed by atoms with Gasteiger partial charge in [-0.1, -0.05) is 28.1 Å². The van der Waals surface area contributed by atoms with Crippen LogP contribution in [-0.4, -0.2) is 77.7 Å². The minimum absolute atomic E-state index is 0.0427. The topological polar surface area (TPSA) is 99.5 Å². The molecule has 0 aromatic heterocycles. The lowest BCUT2D eigenvalue weighted by Crippen LogP contribution is -2.38. The summed E-state index contributed by atoms with van der Waals surface area (Å²) >= 11 is 3.33. The van der Waals surface area contributed by atoms with E-state index in [0.29, 0.717) is 48.6 Å². The Morgan fingerprint density at radius 3 is 2.51 bits per heavy atom. The molecule has 9 heteroatoms. The van der Waals surface area contributed by atoms with Crippen LogP contribution in [0.15, 0.2) is 52.5 Å². The maximum absolute atomic E-state index is 13.2. The molecule has 0 aliphatic carbocycles. The van der Waals surface area contributed by atoms with Gasteiger partial charge in [0.2, 0.25) is 0 Å². The minimum Gasteiger partial charge on any atom is -0.507 e. The Morgan fingerprint density at radius 2 is 1.83 bits per heavy atom. The summed E-state index contributed by atoms with van der Waals surface area (Å²) in [5, 5.41) is 21.5. The molecule has 2 N–H and O–H groups in total. The second-order valence-corrected chi connectivity index (χ2v) is 9.38. The van der Waals surface area contributed by atoms with Crippen LogP contribution in [0.2, 0.25) is 0 Å². The van der Waals surface area contributed by atoms with E-state index in [1.54, 1.807) is 30.3 Å². The number of likely N-dealkylation sites (tertiary alicyclic amines) is 1. The molecule has 186 valence electrons. The molecule has 2 aliphatic rings. The van der Waals surface area contributed by atoms with Crippen LogP contribution < -0.4 is 4.74 Å². The van der Waals surface area contributed by atoms with Gasteiger partial charge in [0.05, 0.1) is 37.0 Å². The van der Waals surface area contributed by atoms with Crippen LogP contribution in [-0.2, 0) is 14.3 Å². The number of aliphatic hydroxyl groups is 1. The van der Waals surface area contributed by atoms with E-state index in [1.165, 1.54) is 17.0 Å². The number of carbonyl (C=O) groups is 2. The Bertz CT molecular complexity index is 1110. The number of rotatable bonds is 8. The van der Waals surface area contributed by atoms with Crippen LogP contribution in [0.25, 0.3) is 5.76 Å². The first-order valence-electron chi connectivity index (χ1n) is 11.7. The van der Waals surface area contributed by atoms with Crippen molar-refractivity contribution in [2.24, 2.45) is 0 Å². The largest absolute Gasteiger partial charge is 0.507 e. The van der Waals surface area contributed by atoms with Gasteiger partial charge in [-0.25, -0.2) is 0 Å². The number of benzene rings is 2. The quantitative estimate of drug-likeness (QED) is 0.297. The average molecular weight is 545 g/mol. The fourth-order valence-corrected chi connectivity index (χ4v) is 4.86. The number of amides is 1. The third-order valence-corrected chi connectivity index (χ3v) is 6.73.